The number of methoxy groups -OCH3 is 2. The van der Waals surface area contributed by atoms with Gasteiger partial charge in [0.25, 0.3) is 0 Å². The van der Waals surface area contributed by atoms with Crippen LogP contribution in [-0.4, -0.2) is 45.4 Å². The van der Waals surface area contributed by atoms with Crippen LogP contribution in [0.3, 0.4) is 0 Å². The summed E-state index contributed by atoms with van der Waals surface area (Å²) < 4.78 is 40.0. The van der Waals surface area contributed by atoms with E-state index in [0.717, 1.165) is 43.2 Å². The summed E-state index contributed by atoms with van der Waals surface area (Å²) in [5.41, 5.74) is 3.28. The number of rotatable bonds is 9. The molecule has 1 aliphatic rings. The van der Waals surface area contributed by atoms with Gasteiger partial charge in [-0.1, -0.05) is 43.0 Å². The monoisotopic (exact) mass is 502 g/mol. The largest absolute Gasteiger partial charge is 0.493 e. The second kappa shape index (κ2) is 11.4. The summed E-state index contributed by atoms with van der Waals surface area (Å²) in [6.45, 7) is 7.26. The fourth-order valence-electron chi connectivity index (χ4n) is 5.10. The van der Waals surface area contributed by atoms with Gasteiger partial charge in [0, 0.05) is 6.04 Å². The third-order valence-electron chi connectivity index (χ3n) is 6.74. The molecule has 0 bridgehead atoms. The van der Waals surface area contributed by atoms with E-state index in [2.05, 4.69) is 5.32 Å². The van der Waals surface area contributed by atoms with Crippen molar-refractivity contribution in [2.24, 2.45) is 0 Å². The Balaban J connectivity index is 1.87. The first-order valence-electron chi connectivity index (χ1n) is 12.2. The van der Waals surface area contributed by atoms with E-state index in [9.17, 15) is 13.2 Å². The fourth-order valence-corrected chi connectivity index (χ4v) is 7.16. The van der Waals surface area contributed by atoms with Crippen LogP contribution < -0.4 is 14.8 Å². The second-order valence-electron chi connectivity index (χ2n) is 9.47. The summed E-state index contributed by atoms with van der Waals surface area (Å²) in [7, 11) is -0.726. The molecule has 0 spiro atoms. The zero-order valence-corrected chi connectivity index (χ0v) is 22.5. The maximum absolute atomic E-state index is 13.9. The van der Waals surface area contributed by atoms with Gasteiger partial charge in [-0.15, -0.1) is 0 Å². The molecule has 7 nitrogen and oxygen atoms in total. The predicted molar refractivity (Wildman–Crippen MR) is 138 cm³/mol. The van der Waals surface area contributed by atoms with E-state index >= 15 is 0 Å². The zero-order chi connectivity index (χ0) is 25.8. The van der Waals surface area contributed by atoms with E-state index in [4.69, 9.17) is 9.47 Å². The number of sulfonamides is 1. The summed E-state index contributed by atoms with van der Waals surface area (Å²) in [6.07, 6.45) is 4.55. The van der Waals surface area contributed by atoms with Crippen LogP contribution in [0.15, 0.2) is 35.2 Å². The SMILES string of the molecule is COc1ccc([C@@H](C)NC(=O)CN(C2CCCCC2)S(=O)(=O)c2c(C)cc(C)cc2C)cc1OC. The van der Waals surface area contributed by atoms with Crippen molar-refractivity contribution in [1.82, 2.24) is 9.62 Å². The van der Waals surface area contributed by atoms with E-state index in [1.54, 1.807) is 20.3 Å². The van der Waals surface area contributed by atoms with Crippen molar-refractivity contribution >= 4 is 15.9 Å². The molecule has 1 fully saturated rings. The number of hydrogen-bond donors (Lipinski definition) is 1. The zero-order valence-electron chi connectivity index (χ0n) is 21.7. The number of nitrogens with zero attached hydrogens (tertiary/aromatic N) is 1. The lowest BCUT2D eigenvalue weighted by Crippen LogP contribution is -2.47. The topological polar surface area (TPSA) is 84.9 Å². The van der Waals surface area contributed by atoms with Gasteiger partial charge in [0.2, 0.25) is 15.9 Å². The summed E-state index contributed by atoms with van der Waals surface area (Å²) in [5.74, 6) is 0.847. The van der Waals surface area contributed by atoms with Gasteiger partial charge in [-0.25, -0.2) is 8.42 Å². The van der Waals surface area contributed by atoms with Crippen molar-refractivity contribution in [1.29, 1.82) is 0 Å². The van der Waals surface area contributed by atoms with Crippen molar-refractivity contribution < 1.29 is 22.7 Å². The lowest BCUT2D eigenvalue weighted by atomic mass is 9.95. The summed E-state index contributed by atoms with van der Waals surface area (Å²) in [5, 5.41) is 2.98. The van der Waals surface area contributed by atoms with E-state index in [0.29, 0.717) is 27.5 Å². The van der Waals surface area contributed by atoms with Crippen molar-refractivity contribution in [2.75, 3.05) is 20.8 Å². The maximum Gasteiger partial charge on any atom is 0.244 e. The number of ether oxygens (including phenoxy) is 2. The van der Waals surface area contributed by atoms with Crippen LogP contribution in [0.2, 0.25) is 0 Å². The van der Waals surface area contributed by atoms with Gasteiger partial charge in [-0.05, 0) is 69.4 Å². The van der Waals surface area contributed by atoms with Crippen molar-refractivity contribution in [3.8, 4) is 11.5 Å². The molecule has 1 saturated carbocycles. The highest BCUT2D eigenvalue weighted by atomic mass is 32.2. The minimum atomic E-state index is -3.86. The molecular weight excluding hydrogens is 464 g/mol. The minimum Gasteiger partial charge on any atom is -0.493 e. The van der Waals surface area contributed by atoms with Crippen LogP contribution in [0.1, 0.15) is 67.3 Å². The summed E-state index contributed by atoms with van der Waals surface area (Å²) >= 11 is 0. The molecule has 0 saturated heterocycles. The van der Waals surface area contributed by atoms with Crippen LogP contribution in [0.4, 0.5) is 0 Å². The van der Waals surface area contributed by atoms with Crippen LogP contribution in [0.25, 0.3) is 0 Å². The molecule has 1 atom stereocenters. The van der Waals surface area contributed by atoms with Crippen LogP contribution in [-0.2, 0) is 14.8 Å². The highest BCUT2D eigenvalue weighted by molar-refractivity contribution is 7.89. The Morgan fingerprint density at radius 2 is 1.60 bits per heavy atom. The summed E-state index contributed by atoms with van der Waals surface area (Å²) in [6, 6.07) is 8.73. The Morgan fingerprint density at radius 3 is 2.17 bits per heavy atom. The first kappa shape index (κ1) is 27.0. The Hall–Kier alpha value is -2.58. The molecule has 8 heteroatoms. The van der Waals surface area contributed by atoms with Crippen molar-refractivity contribution in [3.05, 3.63) is 52.6 Å². The van der Waals surface area contributed by atoms with Gasteiger partial charge in [-0.3, -0.25) is 4.79 Å². The molecule has 3 rings (SSSR count). The molecular formula is C27H38N2O5S. The van der Waals surface area contributed by atoms with E-state index in [1.807, 2.05) is 52.0 Å². The van der Waals surface area contributed by atoms with Gasteiger partial charge < -0.3 is 14.8 Å². The molecule has 2 aromatic rings. The van der Waals surface area contributed by atoms with Gasteiger partial charge in [0.05, 0.1) is 31.7 Å². The number of nitrogens with one attached hydrogen (secondary N) is 1. The number of amides is 1. The van der Waals surface area contributed by atoms with Gasteiger partial charge in [-0.2, -0.15) is 4.31 Å². The van der Waals surface area contributed by atoms with Crippen molar-refractivity contribution in [2.45, 2.75) is 76.8 Å². The standard InChI is InChI=1S/C27H38N2O5S/c1-18-14-19(2)27(20(3)15-18)35(31,32)29(23-10-8-7-9-11-23)17-26(30)28-21(4)22-12-13-24(33-5)25(16-22)34-6/h12-16,21,23H,7-11,17H2,1-6H3,(H,28,30)/t21-/m1/s1. The third kappa shape index (κ3) is 6.16. The molecule has 192 valence electrons. The molecule has 1 N–H and O–H groups in total. The Bertz CT molecular complexity index is 1130. The maximum atomic E-state index is 13.9. The third-order valence-corrected chi connectivity index (χ3v) is 8.94. The highest BCUT2D eigenvalue weighted by Gasteiger charge is 2.36. The second-order valence-corrected chi connectivity index (χ2v) is 11.3. The predicted octanol–water partition coefficient (Wildman–Crippen LogP) is 4.83. The minimum absolute atomic E-state index is 0.184. The molecule has 0 unspecified atom stereocenters. The van der Waals surface area contributed by atoms with Crippen LogP contribution in [0.5, 0.6) is 11.5 Å². The first-order chi connectivity index (χ1) is 16.6. The Kier molecular flexibility index (Phi) is 8.83. The van der Waals surface area contributed by atoms with E-state index in [-0.39, 0.29) is 24.5 Å². The van der Waals surface area contributed by atoms with E-state index < -0.39 is 10.0 Å². The smallest absolute Gasteiger partial charge is 0.244 e. The van der Waals surface area contributed by atoms with E-state index in [1.165, 1.54) is 4.31 Å². The molecule has 0 radical (unpaired) electrons. The number of carbonyl (C=O) groups excluding carboxylic acids is 1. The van der Waals surface area contributed by atoms with Crippen molar-refractivity contribution in [3.63, 3.8) is 0 Å². The highest BCUT2D eigenvalue weighted by Crippen LogP contribution is 2.32. The lowest BCUT2D eigenvalue weighted by molar-refractivity contribution is -0.122. The van der Waals surface area contributed by atoms with Gasteiger partial charge in [0.1, 0.15) is 0 Å². The van der Waals surface area contributed by atoms with Gasteiger partial charge >= 0.3 is 0 Å². The number of aryl methyl sites for hydroxylation is 3. The molecule has 0 aliphatic heterocycles. The number of carbonyl (C=O) groups is 1. The Labute approximate surface area is 209 Å². The molecule has 35 heavy (non-hydrogen) atoms. The van der Waals surface area contributed by atoms with Crippen LogP contribution >= 0.6 is 0 Å². The molecule has 0 heterocycles. The number of hydrogen-bond acceptors (Lipinski definition) is 5. The number of benzene rings is 2. The molecule has 1 aliphatic carbocycles. The lowest BCUT2D eigenvalue weighted by Gasteiger charge is -2.34. The average Bonchev–Trinajstić information content (AvgIpc) is 2.81. The molecule has 0 aromatic heterocycles. The van der Waals surface area contributed by atoms with Crippen LogP contribution in [0, 0.1) is 20.8 Å². The van der Waals surface area contributed by atoms with Gasteiger partial charge in [0.15, 0.2) is 11.5 Å². The first-order valence-corrected chi connectivity index (χ1v) is 13.6. The quantitative estimate of drug-likeness (QED) is 0.531. The fraction of sp³-hybridized carbons (Fsp3) is 0.519. The molecule has 1 amide bonds. The average molecular weight is 503 g/mol. The molecule has 2 aromatic carbocycles. The normalized spacial score (nSPS) is 15.6. The summed E-state index contributed by atoms with van der Waals surface area (Å²) in [4.78, 5) is 13.5. The Morgan fingerprint density at radius 1 is 1.00 bits per heavy atom.